The minimum Gasteiger partial charge on any atom is -0.349 e. The van der Waals surface area contributed by atoms with Gasteiger partial charge in [-0.1, -0.05) is 18.2 Å². The molecule has 1 saturated carbocycles. The quantitative estimate of drug-likeness (QED) is 0.399. The van der Waals surface area contributed by atoms with Gasteiger partial charge in [-0.25, -0.2) is 4.98 Å². The van der Waals surface area contributed by atoms with Gasteiger partial charge in [-0.2, -0.15) is 0 Å². The second-order valence-corrected chi connectivity index (χ2v) is 10.1. The summed E-state index contributed by atoms with van der Waals surface area (Å²) in [4.78, 5) is 22.9. The zero-order valence-corrected chi connectivity index (χ0v) is 18.7. The summed E-state index contributed by atoms with van der Waals surface area (Å²) in [5.41, 5.74) is 2.98. The number of halogens is 1. The first-order valence-corrected chi connectivity index (χ1v) is 11.7. The molecule has 7 heteroatoms. The topological polar surface area (TPSA) is 59.8 Å². The van der Waals surface area contributed by atoms with Gasteiger partial charge >= 0.3 is 0 Å². The lowest BCUT2D eigenvalue weighted by Crippen LogP contribution is -2.38. The van der Waals surface area contributed by atoms with E-state index in [1.165, 1.54) is 11.3 Å². The molecule has 1 N–H and O–H groups in total. The van der Waals surface area contributed by atoms with Crippen molar-refractivity contribution in [3.63, 3.8) is 0 Å². The van der Waals surface area contributed by atoms with Crippen LogP contribution in [0.25, 0.3) is 22.6 Å². The number of hydrogen-bond acceptors (Lipinski definition) is 4. The van der Waals surface area contributed by atoms with Crippen LogP contribution in [0.5, 0.6) is 0 Å². The zero-order chi connectivity index (χ0) is 20.5. The van der Waals surface area contributed by atoms with Crippen LogP contribution < -0.4 is 5.32 Å². The van der Waals surface area contributed by atoms with Crippen LogP contribution in [0, 0.1) is 0 Å². The molecule has 1 aliphatic rings. The van der Waals surface area contributed by atoms with Gasteiger partial charge in [-0.05, 0) is 78.0 Å². The van der Waals surface area contributed by atoms with Gasteiger partial charge in [0.15, 0.2) is 5.82 Å². The van der Waals surface area contributed by atoms with Gasteiger partial charge in [0.05, 0.1) is 19.7 Å². The number of pyridine rings is 1. The van der Waals surface area contributed by atoms with Gasteiger partial charge in [0.1, 0.15) is 5.69 Å². The summed E-state index contributed by atoms with van der Waals surface area (Å²) in [6.45, 7) is 0. The standard InChI is InChI=1S/C23H21BrN4OS/c24-21-12-11-20(30-21)23(29)26-15-6-5-7-16(14-15)28-19-10-2-1-8-17(19)27-22(28)18-9-3-4-13-25-18/h1-4,8-13,15-16H,5-7,14H2,(H,26,29)/t15-,16+/m0/s1. The number of hydrogen-bond donors (Lipinski definition) is 1. The van der Waals surface area contributed by atoms with Crippen molar-refractivity contribution in [2.24, 2.45) is 0 Å². The van der Waals surface area contributed by atoms with Crippen molar-refractivity contribution < 1.29 is 4.79 Å². The van der Waals surface area contributed by atoms with E-state index in [0.29, 0.717) is 0 Å². The molecule has 5 rings (SSSR count). The Hall–Kier alpha value is -2.51. The van der Waals surface area contributed by atoms with E-state index < -0.39 is 0 Å². The molecule has 0 aliphatic heterocycles. The van der Waals surface area contributed by atoms with Gasteiger partial charge < -0.3 is 9.88 Å². The third-order valence-corrected chi connectivity index (χ3v) is 7.26. The minimum atomic E-state index is 0.0109. The van der Waals surface area contributed by atoms with E-state index >= 15 is 0 Å². The molecule has 152 valence electrons. The van der Waals surface area contributed by atoms with Gasteiger partial charge in [-0.15, -0.1) is 11.3 Å². The number of fused-ring (bicyclic) bond motifs is 1. The number of nitrogens with zero attached hydrogens (tertiary/aromatic N) is 3. The van der Waals surface area contributed by atoms with E-state index in [1.54, 1.807) is 0 Å². The van der Waals surface area contributed by atoms with E-state index in [1.807, 2.05) is 42.6 Å². The Morgan fingerprint density at radius 3 is 2.77 bits per heavy atom. The fourth-order valence-corrected chi connectivity index (χ4v) is 5.60. The number of imidazole rings is 1. The summed E-state index contributed by atoms with van der Waals surface area (Å²) in [6, 6.07) is 18.4. The molecule has 3 aromatic heterocycles. The molecule has 5 nitrogen and oxygen atoms in total. The normalized spacial score (nSPS) is 19.1. The van der Waals surface area contributed by atoms with Crippen LogP contribution in [0.3, 0.4) is 0 Å². The first-order chi connectivity index (χ1) is 14.7. The Labute approximate surface area is 187 Å². The number of nitrogens with one attached hydrogen (secondary N) is 1. The monoisotopic (exact) mass is 480 g/mol. The summed E-state index contributed by atoms with van der Waals surface area (Å²) in [5.74, 6) is 0.910. The molecule has 4 aromatic rings. The lowest BCUT2D eigenvalue weighted by atomic mass is 9.90. The van der Waals surface area contributed by atoms with Crippen LogP contribution >= 0.6 is 27.3 Å². The largest absolute Gasteiger partial charge is 0.349 e. The van der Waals surface area contributed by atoms with E-state index in [9.17, 15) is 4.79 Å². The maximum atomic E-state index is 12.7. The predicted molar refractivity (Wildman–Crippen MR) is 124 cm³/mol. The van der Waals surface area contributed by atoms with Crippen LogP contribution in [0.4, 0.5) is 0 Å². The number of para-hydroxylation sites is 2. The molecule has 30 heavy (non-hydrogen) atoms. The van der Waals surface area contributed by atoms with Crippen LogP contribution in [0.1, 0.15) is 41.4 Å². The Bertz CT molecular complexity index is 1190. The Balaban J connectivity index is 1.45. The molecule has 1 aromatic carbocycles. The van der Waals surface area contributed by atoms with Crippen molar-refractivity contribution in [3.05, 3.63) is 69.5 Å². The molecule has 1 amide bonds. The molecule has 0 saturated heterocycles. The van der Waals surface area contributed by atoms with E-state index in [2.05, 4.69) is 49.0 Å². The van der Waals surface area contributed by atoms with Gasteiger partial charge in [0.25, 0.3) is 5.91 Å². The summed E-state index contributed by atoms with van der Waals surface area (Å²) in [7, 11) is 0. The minimum absolute atomic E-state index is 0.0109. The first kappa shape index (κ1) is 19.5. The Morgan fingerprint density at radius 1 is 1.10 bits per heavy atom. The van der Waals surface area contributed by atoms with Crippen molar-refractivity contribution >= 4 is 44.2 Å². The molecule has 0 unspecified atom stereocenters. The van der Waals surface area contributed by atoms with E-state index in [0.717, 1.165) is 56.9 Å². The molecular formula is C23H21BrN4OS. The number of amides is 1. The molecule has 1 aliphatic carbocycles. The van der Waals surface area contributed by atoms with Gasteiger partial charge in [0.2, 0.25) is 0 Å². The van der Waals surface area contributed by atoms with Gasteiger partial charge in [0, 0.05) is 18.3 Å². The number of thiophene rings is 1. The van der Waals surface area contributed by atoms with Crippen LogP contribution in [-0.2, 0) is 0 Å². The highest BCUT2D eigenvalue weighted by atomic mass is 79.9. The smallest absolute Gasteiger partial charge is 0.261 e. The van der Waals surface area contributed by atoms with Crippen molar-refractivity contribution in [1.82, 2.24) is 19.9 Å². The third kappa shape index (κ3) is 3.79. The number of aromatic nitrogens is 3. The maximum absolute atomic E-state index is 12.7. The average Bonchev–Trinajstić information content (AvgIpc) is 3.38. The highest BCUT2D eigenvalue weighted by molar-refractivity contribution is 9.11. The molecule has 0 radical (unpaired) electrons. The lowest BCUT2D eigenvalue weighted by molar-refractivity contribution is 0.0925. The van der Waals surface area contributed by atoms with E-state index in [4.69, 9.17) is 4.98 Å². The van der Waals surface area contributed by atoms with Crippen molar-refractivity contribution in [2.75, 3.05) is 0 Å². The summed E-state index contributed by atoms with van der Waals surface area (Å²) < 4.78 is 3.30. The van der Waals surface area contributed by atoms with Crippen LogP contribution in [0.2, 0.25) is 0 Å². The number of rotatable bonds is 4. The number of carbonyl (C=O) groups excluding carboxylic acids is 1. The summed E-state index contributed by atoms with van der Waals surface area (Å²) >= 11 is 4.90. The molecule has 1 fully saturated rings. The SMILES string of the molecule is O=C(N[C@H]1CCC[C@@H](n2c(-c3ccccn3)nc3ccccc32)C1)c1ccc(Br)s1. The maximum Gasteiger partial charge on any atom is 0.261 e. The summed E-state index contributed by atoms with van der Waals surface area (Å²) in [5, 5.41) is 3.25. The highest BCUT2D eigenvalue weighted by Gasteiger charge is 2.28. The van der Waals surface area contributed by atoms with Crippen LogP contribution in [-0.4, -0.2) is 26.5 Å². The Kier molecular flexibility index (Phi) is 5.39. The lowest BCUT2D eigenvalue weighted by Gasteiger charge is -2.31. The third-order valence-electron chi connectivity index (χ3n) is 5.63. The molecule has 3 heterocycles. The average molecular weight is 481 g/mol. The number of benzene rings is 1. The summed E-state index contributed by atoms with van der Waals surface area (Å²) in [6.07, 6.45) is 5.83. The van der Waals surface area contributed by atoms with Crippen molar-refractivity contribution in [2.45, 2.75) is 37.8 Å². The molecule has 2 atom stereocenters. The van der Waals surface area contributed by atoms with Crippen LogP contribution in [0.15, 0.2) is 64.6 Å². The molecular weight excluding hydrogens is 460 g/mol. The second-order valence-electron chi connectivity index (χ2n) is 7.60. The fourth-order valence-electron chi connectivity index (χ4n) is 4.31. The Morgan fingerprint density at radius 2 is 1.97 bits per heavy atom. The van der Waals surface area contributed by atoms with Crippen molar-refractivity contribution in [1.29, 1.82) is 0 Å². The van der Waals surface area contributed by atoms with Gasteiger partial charge in [-0.3, -0.25) is 9.78 Å². The van der Waals surface area contributed by atoms with E-state index in [-0.39, 0.29) is 18.0 Å². The first-order valence-electron chi connectivity index (χ1n) is 10.1. The second kappa shape index (κ2) is 8.32. The van der Waals surface area contributed by atoms with Crippen molar-refractivity contribution in [3.8, 4) is 11.5 Å². The number of carbonyl (C=O) groups is 1. The molecule has 0 bridgehead atoms. The zero-order valence-electron chi connectivity index (χ0n) is 16.3. The molecule has 0 spiro atoms. The fraction of sp³-hybridized carbons (Fsp3) is 0.261. The predicted octanol–water partition coefficient (Wildman–Crippen LogP) is 5.84. The highest BCUT2D eigenvalue weighted by Crippen LogP contribution is 2.35.